The number of furan rings is 1. The lowest BCUT2D eigenvalue weighted by Crippen LogP contribution is -2.45. The van der Waals surface area contributed by atoms with Gasteiger partial charge in [0.1, 0.15) is 12.3 Å². The Morgan fingerprint density at radius 1 is 1.35 bits per heavy atom. The Balaban J connectivity index is 2.04. The minimum atomic E-state index is -0.101. The Bertz CT molecular complexity index is 577. The second kappa shape index (κ2) is 10.2. The fourth-order valence-corrected chi connectivity index (χ4v) is 3.03. The fourth-order valence-electron chi connectivity index (χ4n) is 3.03. The molecule has 0 saturated carbocycles. The van der Waals surface area contributed by atoms with Crippen molar-refractivity contribution in [3.8, 4) is 0 Å². The molecule has 144 valence electrons. The first-order valence-corrected chi connectivity index (χ1v) is 9.30. The van der Waals surface area contributed by atoms with E-state index in [9.17, 15) is 9.59 Å². The zero-order valence-electron chi connectivity index (χ0n) is 15.9. The number of amides is 2. The maximum absolute atomic E-state index is 12.9. The molecule has 2 amide bonds. The van der Waals surface area contributed by atoms with E-state index in [2.05, 4.69) is 6.58 Å². The molecule has 1 aromatic heterocycles. The molecule has 0 aromatic carbocycles. The highest BCUT2D eigenvalue weighted by molar-refractivity contribution is 5.85. The Morgan fingerprint density at radius 2 is 2.15 bits per heavy atom. The Labute approximate surface area is 155 Å². The molecule has 1 fully saturated rings. The SMILES string of the molecule is C=CCN(CC(=O)N(Cc1ccco1)C[C@H]1CCCO1)C(=O)CC(C)C. The van der Waals surface area contributed by atoms with Crippen LogP contribution >= 0.6 is 0 Å². The highest BCUT2D eigenvalue weighted by atomic mass is 16.5. The van der Waals surface area contributed by atoms with Gasteiger partial charge in [0.25, 0.3) is 0 Å². The number of rotatable bonds is 10. The van der Waals surface area contributed by atoms with Gasteiger partial charge in [0.15, 0.2) is 0 Å². The molecule has 0 N–H and O–H groups in total. The summed E-state index contributed by atoms with van der Waals surface area (Å²) in [4.78, 5) is 28.7. The van der Waals surface area contributed by atoms with Crippen molar-refractivity contribution in [2.45, 2.75) is 45.8 Å². The quantitative estimate of drug-likeness (QED) is 0.601. The van der Waals surface area contributed by atoms with Crippen molar-refractivity contribution in [2.75, 3.05) is 26.2 Å². The smallest absolute Gasteiger partial charge is 0.242 e. The zero-order valence-corrected chi connectivity index (χ0v) is 15.9. The largest absolute Gasteiger partial charge is 0.467 e. The van der Waals surface area contributed by atoms with E-state index >= 15 is 0 Å². The maximum Gasteiger partial charge on any atom is 0.242 e. The van der Waals surface area contributed by atoms with E-state index in [1.807, 2.05) is 19.9 Å². The van der Waals surface area contributed by atoms with Crippen LogP contribution in [0, 0.1) is 5.92 Å². The molecule has 0 bridgehead atoms. The van der Waals surface area contributed by atoms with Crippen molar-refractivity contribution in [1.82, 2.24) is 9.80 Å². The molecule has 0 radical (unpaired) electrons. The van der Waals surface area contributed by atoms with Crippen LogP contribution in [0.1, 0.15) is 38.9 Å². The predicted octanol–water partition coefficient (Wildman–Crippen LogP) is 2.85. The monoisotopic (exact) mass is 362 g/mol. The van der Waals surface area contributed by atoms with Crippen LogP contribution < -0.4 is 0 Å². The van der Waals surface area contributed by atoms with Gasteiger partial charge in [-0.2, -0.15) is 0 Å². The van der Waals surface area contributed by atoms with Crippen LogP contribution in [0.25, 0.3) is 0 Å². The minimum absolute atomic E-state index is 0.0247. The third-order valence-corrected chi connectivity index (χ3v) is 4.34. The van der Waals surface area contributed by atoms with Crippen LogP contribution in [0.5, 0.6) is 0 Å². The molecule has 2 rings (SSSR count). The summed E-state index contributed by atoms with van der Waals surface area (Å²) < 4.78 is 11.1. The first kappa shape index (κ1) is 20.2. The van der Waals surface area contributed by atoms with Gasteiger partial charge in [-0.05, 0) is 30.9 Å². The first-order valence-electron chi connectivity index (χ1n) is 9.30. The average molecular weight is 362 g/mol. The summed E-state index contributed by atoms with van der Waals surface area (Å²) in [5.41, 5.74) is 0. The molecule has 1 aliphatic heterocycles. The third-order valence-electron chi connectivity index (χ3n) is 4.34. The number of carbonyl (C=O) groups is 2. The van der Waals surface area contributed by atoms with E-state index in [0.29, 0.717) is 26.1 Å². The first-order chi connectivity index (χ1) is 12.5. The van der Waals surface area contributed by atoms with Gasteiger partial charge < -0.3 is 19.0 Å². The van der Waals surface area contributed by atoms with Gasteiger partial charge in [-0.3, -0.25) is 9.59 Å². The van der Waals surface area contributed by atoms with E-state index in [-0.39, 0.29) is 30.4 Å². The van der Waals surface area contributed by atoms with Gasteiger partial charge in [0.05, 0.1) is 18.9 Å². The Morgan fingerprint density at radius 3 is 2.73 bits per heavy atom. The van der Waals surface area contributed by atoms with Crippen molar-refractivity contribution in [3.63, 3.8) is 0 Å². The summed E-state index contributed by atoms with van der Waals surface area (Å²) >= 11 is 0. The van der Waals surface area contributed by atoms with Crippen LogP contribution in [0.3, 0.4) is 0 Å². The summed E-state index contributed by atoms with van der Waals surface area (Å²) in [5.74, 6) is 0.843. The third kappa shape index (κ3) is 6.33. The molecule has 1 atom stereocenters. The highest BCUT2D eigenvalue weighted by Gasteiger charge is 2.26. The molecule has 0 unspecified atom stereocenters. The number of ether oxygens (including phenoxy) is 1. The molecule has 0 spiro atoms. The van der Waals surface area contributed by atoms with Crippen molar-refractivity contribution >= 4 is 11.8 Å². The summed E-state index contributed by atoms with van der Waals surface area (Å²) in [7, 11) is 0. The van der Waals surface area contributed by atoms with E-state index in [4.69, 9.17) is 9.15 Å². The lowest BCUT2D eigenvalue weighted by Gasteiger charge is -2.28. The van der Waals surface area contributed by atoms with Crippen LogP contribution in [-0.2, 0) is 20.9 Å². The van der Waals surface area contributed by atoms with Crippen LogP contribution in [0.2, 0.25) is 0 Å². The highest BCUT2D eigenvalue weighted by Crippen LogP contribution is 2.16. The van der Waals surface area contributed by atoms with Gasteiger partial charge in [-0.15, -0.1) is 6.58 Å². The van der Waals surface area contributed by atoms with Crippen LogP contribution in [0.15, 0.2) is 35.5 Å². The van der Waals surface area contributed by atoms with Crippen molar-refractivity contribution in [3.05, 3.63) is 36.8 Å². The summed E-state index contributed by atoms with van der Waals surface area (Å²) in [6.07, 6.45) is 5.69. The Hall–Kier alpha value is -2.08. The number of carbonyl (C=O) groups excluding carboxylic acids is 2. The van der Waals surface area contributed by atoms with Gasteiger partial charge in [-0.25, -0.2) is 0 Å². The van der Waals surface area contributed by atoms with E-state index in [0.717, 1.165) is 25.2 Å². The molecule has 26 heavy (non-hydrogen) atoms. The normalized spacial score (nSPS) is 16.7. The second-order valence-electron chi connectivity index (χ2n) is 7.15. The molecule has 0 aliphatic carbocycles. The molecule has 1 saturated heterocycles. The topological polar surface area (TPSA) is 63.0 Å². The lowest BCUT2D eigenvalue weighted by atomic mass is 10.1. The zero-order chi connectivity index (χ0) is 18.9. The van der Waals surface area contributed by atoms with Crippen molar-refractivity contribution in [1.29, 1.82) is 0 Å². The van der Waals surface area contributed by atoms with Crippen molar-refractivity contribution < 1.29 is 18.7 Å². The average Bonchev–Trinajstić information content (AvgIpc) is 3.27. The molecule has 1 aromatic rings. The summed E-state index contributed by atoms with van der Waals surface area (Å²) in [6, 6.07) is 3.65. The fraction of sp³-hybridized carbons (Fsp3) is 0.600. The standard InChI is InChI=1S/C20H30N2O4/c1-4-9-21(19(23)12-16(2)3)15-20(24)22(13-17-7-5-10-25-17)14-18-8-6-11-26-18/h4-5,7,10,16,18H,1,6,8-9,11-15H2,2-3H3/t18-/m1/s1. The van der Waals surface area contributed by atoms with Crippen LogP contribution in [-0.4, -0.2) is 54.0 Å². The van der Waals surface area contributed by atoms with Gasteiger partial charge >= 0.3 is 0 Å². The molecular weight excluding hydrogens is 332 g/mol. The molecule has 2 heterocycles. The second-order valence-corrected chi connectivity index (χ2v) is 7.15. The molecule has 1 aliphatic rings. The van der Waals surface area contributed by atoms with Crippen LogP contribution in [0.4, 0.5) is 0 Å². The summed E-state index contributed by atoms with van der Waals surface area (Å²) in [6.45, 7) is 9.74. The number of hydrogen-bond acceptors (Lipinski definition) is 4. The summed E-state index contributed by atoms with van der Waals surface area (Å²) in [5, 5.41) is 0. The lowest BCUT2D eigenvalue weighted by molar-refractivity contribution is -0.141. The predicted molar refractivity (Wildman–Crippen MR) is 99.3 cm³/mol. The van der Waals surface area contributed by atoms with Gasteiger partial charge in [0, 0.05) is 26.1 Å². The number of hydrogen-bond donors (Lipinski definition) is 0. The number of nitrogens with zero attached hydrogens (tertiary/aromatic N) is 2. The molecule has 6 heteroatoms. The van der Waals surface area contributed by atoms with E-state index in [1.54, 1.807) is 28.2 Å². The Kier molecular flexibility index (Phi) is 7.91. The van der Waals surface area contributed by atoms with E-state index < -0.39 is 0 Å². The van der Waals surface area contributed by atoms with Gasteiger partial charge in [0.2, 0.25) is 11.8 Å². The molecule has 6 nitrogen and oxygen atoms in total. The minimum Gasteiger partial charge on any atom is -0.467 e. The maximum atomic E-state index is 12.9. The molecular formula is C20H30N2O4. The van der Waals surface area contributed by atoms with Crippen molar-refractivity contribution in [2.24, 2.45) is 5.92 Å². The van der Waals surface area contributed by atoms with E-state index in [1.165, 1.54) is 0 Å². The van der Waals surface area contributed by atoms with Gasteiger partial charge in [-0.1, -0.05) is 19.9 Å².